The summed E-state index contributed by atoms with van der Waals surface area (Å²) in [4.78, 5) is 16.7. The van der Waals surface area contributed by atoms with Gasteiger partial charge >= 0.3 is 0 Å². The van der Waals surface area contributed by atoms with Gasteiger partial charge < -0.3 is 14.6 Å². The highest BCUT2D eigenvalue weighted by Gasteiger charge is 2.40. The maximum Gasteiger partial charge on any atom is 0.237 e. The number of sulfonamides is 1. The van der Waals surface area contributed by atoms with E-state index in [1.807, 2.05) is 26.0 Å². The first kappa shape index (κ1) is 24.3. The molecule has 0 radical (unpaired) electrons. The summed E-state index contributed by atoms with van der Waals surface area (Å²) in [7, 11) is -3.60. The normalized spacial score (nSPS) is 14.5. The summed E-state index contributed by atoms with van der Waals surface area (Å²) in [5, 5.41) is 16.2. The zero-order valence-electron chi connectivity index (χ0n) is 20.8. The summed E-state index contributed by atoms with van der Waals surface area (Å²) in [5.74, 6) is 0.686. The Morgan fingerprint density at radius 3 is 2.26 bits per heavy atom. The van der Waals surface area contributed by atoms with Gasteiger partial charge in [-0.1, -0.05) is 23.7 Å². The molecule has 10 nitrogen and oxygen atoms in total. The highest BCUT2D eigenvalue weighted by atomic mass is 32.2. The lowest BCUT2D eigenvalue weighted by Gasteiger charge is -2.28. The summed E-state index contributed by atoms with van der Waals surface area (Å²) in [6, 6.07) is 14.2. The van der Waals surface area contributed by atoms with Crippen LogP contribution in [0.5, 0.6) is 0 Å². The molecule has 3 N–H and O–H groups in total. The number of aromatic amines is 1. The predicted molar refractivity (Wildman–Crippen MR) is 142 cm³/mol. The lowest BCUT2D eigenvalue weighted by Crippen LogP contribution is -2.33. The Kier molecular flexibility index (Phi) is 5.77. The van der Waals surface area contributed by atoms with Crippen LogP contribution >= 0.6 is 0 Å². The maximum atomic E-state index is 12.9. The van der Waals surface area contributed by atoms with Crippen LogP contribution in [0.15, 0.2) is 65.4 Å². The van der Waals surface area contributed by atoms with Crippen molar-refractivity contribution in [2.45, 2.75) is 44.0 Å². The van der Waals surface area contributed by atoms with E-state index in [2.05, 4.69) is 29.8 Å². The molecule has 0 unspecified atom stereocenters. The van der Waals surface area contributed by atoms with Crippen LogP contribution in [0.1, 0.15) is 47.7 Å². The number of benzene rings is 1. The molecule has 5 aromatic rings. The highest BCUT2D eigenvalue weighted by molar-refractivity contribution is 7.93. The van der Waals surface area contributed by atoms with Crippen molar-refractivity contribution in [3.8, 4) is 11.1 Å². The van der Waals surface area contributed by atoms with Crippen molar-refractivity contribution >= 4 is 27.0 Å². The van der Waals surface area contributed by atoms with Crippen LogP contribution in [0, 0.1) is 13.8 Å². The quantitative estimate of drug-likeness (QED) is 0.284. The third-order valence-corrected chi connectivity index (χ3v) is 8.93. The van der Waals surface area contributed by atoms with Gasteiger partial charge in [-0.3, -0.25) is 14.7 Å². The average Bonchev–Trinajstić information content (AvgIpc) is 3.43. The van der Waals surface area contributed by atoms with Crippen LogP contribution in [0.4, 0.5) is 5.95 Å². The van der Waals surface area contributed by atoms with E-state index in [-0.39, 0.29) is 5.95 Å². The zero-order valence-corrected chi connectivity index (χ0v) is 21.7. The van der Waals surface area contributed by atoms with Crippen molar-refractivity contribution in [3.05, 3.63) is 89.3 Å². The van der Waals surface area contributed by atoms with Gasteiger partial charge in [0.1, 0.15) is 5.76 Å². The van der Waals surface area contributed by atoms with E-state index in [0.29, 0.717) is 57.8 Å². The second-order valence-corrected chi connectivity index (χ2v) is 11.5. The molecule has 4 aromatic heterocycles. The smallest absolute Gasteiger partial charge is 0.237 e. The first-order valence-electron chi connectivity index (χ1n) is 12.3. The minimum Gasteiger partial charge on any atom is -0.373 e. The molecule has 0 amide bonds. The average molecular weight is 531 g/mol. The van der Waals surface area contributed by atoms with E-state index < -0.39 is 20.9 Å². The van der Waals surface area contributed by atoms with Gasteiger partial charge in [0.25, 0.3) is 0 Å². The van der Waals surface area contributed by atoms with Crippen LogP contribution in [0.3, 0.4) is 0 Å². The van der Waals surface area contributed by atoms with Crippen molar-refractivity contribution in [2.75, 3.05) is 4.72 Å². The van der Waals surface area contributed by atoms with Gasteiger partial charge in [-0.25, -0.2) is 13.4 Å². The van der Waals surface area contributed by atoms with Crippen molar-refractivity contribution in [2.24, 2.45) is 0 Å². The van der Waals surface area contributed by atoms with E-state index in [4.69, 9.17) is 4.52 Å². The monoisotopic (exact) mass is 530 g/mol. The Morgan fingerprint density at radius 2 is 1.74 bits per heavy atom. The van der Waals surface area contributed by atoms with Gasteiger partial charge in [0, 0.05) is 23.5 Å². The molecule has 1 fully saturated rings. The minimum absolute atomic E-state index is 0.0773. The molecule has 0 aliphatic heterocycles. The molecular formula is C27H26N6O4S. The molecule has 194 valence electrons. The molecule has 1 saturated carbocycles. The lowest BCUT2D eigenvalue weighted by molar-refractivity contribution is 0.117. The number of nitrogens with one attached hydrogen (secondary N) is 2. The number of aryl methyl sites for hydroxylation is 2. The van der Waals surface area contributed by atoms with Crippen LogP contribution < -0.4 is 4.72 Å². The number of hydrogen-bond acceptors (Lipinski definition) is 8. The molecule has 0 saturated heterocycles. The van der Waals surface area contributed by atoms with E-state index in [1.165, 1.54) is 0 Å². The van der Waals surface area contributed by atoms with Gasteiger partial charge in [0.2, 0.25) is 16.0 Å². The van der Waals surface area contributed by atoms with Crippen molar-refractivity contribution in [1.82, 2.24) is 25.1 Å². The molecule has 38 heavy (non-hydrogen) atoms. The van der Waals surface area contributed by atoms with E-state index in [0.717, 1.165) is 12.0 Å². The number of fused-ring (bicyclic) bond motifs is 1. The third kappa shape index (κ3) is 3.95. The van der Waals surface area contributed by atoms with Crippen LogP contribution in [0.25, 0.3) is 22.2 Å². The van der Waals surface area contributed by atoms with Crippen molar-refractivity contribution in [1.29, 1.82) is 0 Å². The summed E-state index contributed by atoms with van der Waals surface area (Å²) < 4.78 is 33.8. The molecule has 1 aromatic carbocycles. The van der Waals surface area contributed by atoms with E-state index in [9.17, 15) is 13.5 Å². The Bertz CT molecular complexity index is 1670. The Labute approximate surface area is 219 Å². The topological polar surface area (TPSA) is 147 Å². The number of imidazole rings is 1. The van der Waals surface area contributed by atoms with Crippen LogP contribution in [-0.2, 0) is 15.6 Å². The Balaban J connectivity index is 1.63. The molecule has 1 aliphatic carbocycles. The molecule has 6 rings (SSSR count). The molecule has 4 heterocycles. The van der Waals surface area contributed by atoms with Gasteiger partial charge in [0.15, 0.2) is 5.60 Å². The maximum absolute atomic E-state index is 12.9. The summed E-state index contributed by atoms with van der Waals surface area (Å²) in [5.41, 5.74) is 2.32. The van der Waals surface area contributed by atoms with Crippen molar-refractivity contribution in [3.63, 3.8) is 0 Å². The molecule has 0 bridgehead atoms. The number of aromatic nitrogens is 5. The van der Waals surface area contributed by atoms with Crippen LogP contribution in [0.2, 0.25) is 0 Å². The number of rotatable bonds is 7. The fourth-order valence-electron chi connectivity index (χ4n) is 4.94. The fraction of sp³-hybridized carbons (Fsp3) is 0.259. The first-order chi connectivity index (χ1) is 18.3. The number of aliphatic hydroxyl groups is 1. The first-order valence-corrected chi connectivity index (χ1v) is 13.9. The SMILES string of the molecule is Cc1noc(C)c1-c1cc(C(O)(c2ccccn2)c2ccccn2)c2nc(NS(=O)(=O)C3CCC3)[nH]c2c1. The second-order valence-electron chi connectivity index (χ2n) is 9.54. The summed E-state index contributed by atoms with van der Waals surface area (Å²) in [6.07, 6.45) is 5.33. The largest absolute Gasteiger partial charge is 0.373 e. The van der Waals surface area contributed by atoms with Gasteiger partial charge in [-0.2, -0.15) is 0 Å². The molecule has 1 aliphatic rings. The van der Waals surface area contributed by atoms with E-state index in [1.54, 1.807) is 48.8 Å². The number of H-pyrrole nitrogens is 1. The van der Waals surface area contributed by atoms with Gasteiger partial charge in [0.05, 0.1) is 33.4 Å². The Morgan fingerprint density at radius 1 is 1.05 bits per heavy atom. The molecule has 0 spiro atoms. The minimum atomic E-state index is -3.60. The number of nitrogens with zero attached hydrogens (tertiary/aromatic N) is 4. The lowest BCUT2D eigenvalue weighted by atomic mass is 9.83. The van der Waals surface area contributed by atoms with Crippen LogP contribution in [-0.4, -0.2) is 43.9 Å². The number of pyridine rings is 2. The summed E-state index contributed by atoms with van der Waals surface area (Å²) >= 11 is 0. The third-order valence-electron chi connectivity index (χ3n) is 7.10. The standard InChI is InChI=1S/C27H26N6O4S/c1-16-24(17(2)37-32-16)18-14-20(27(34,22-10-3-5-12-28-22)23-11-4-6-13-29-23)25-21(15-18)30-26(31-25)33-38(35,36)19-8-7-9-19/h3-6,10-15,19,34H,7-9H2,1-2H3,(H2,30,31,33). The van der Waals surface area contributed by atoms with Gasteiger partial charge in [-0.15, -0.1) is 0 Å². The Hall–Kier alpha value is -4.09. The van der Waals surface area contributed by atoms with Crippen molar-refractivity contribution < 1.29 is 18.0 Å². The predicted octanol–water partition coefficient (Wildman–Crippen LogP) is 4.20. The number of hydrogen-bond donors (Lipinski definition) is 3. The molecule has 11 heteroatoms. The van der Waals surface area contributed by atoms with Gasteiger partial charge in [-0.05, 0) is 68.7 Å². The summed E-state index contributed by atoms with van der Waals surface area (Å²) in [6.45, 7) is 3.65. The molecular weight excluding hydrogens is 504 g/mol. The van der Waals surface area contributed by atoms with E-state index >= 15 is 0 Å². The molecule has 0 atom stereocenters. The fourth-order valence-corrected chi connectivity index (χ4v) is 6.43. The second kappa shape index (κ2) is 9.03. The number of anilines is 1. The highest BCUT2D eigenvalue weighted by Crippen LogP contribution is 2.41. The zero-order chi connectivity index (χ0) is 26.5.